The third-order valence-corrected chi connectivity index (χ3v) is 6.96. The van der Waals surface area contributed by atoms with E-state index in [1.54, 1.807) is 0 Å². The maximum Gasteiger partial charge on any atom is 0.0782 e. The molecule has 0 amide bonds. The van der Waals surface area contributed by atoms with E-state index in [2.05, 4.69) is 70.5 Å². The second kappa shape index (κ2) is 15.7. The van der Waals surface area contributed by atoms with Crippen molar-refractivity contribution in [1.82, 2.24) is 0 Å². The molecular weight excluding hydrogens is 392 g/mol. The molecule has 0 aliphatic carbocycles. The van der Waals surface area contributed by atoms with E-state index in [9.17, 15) is 0 Å². The molecule has 32 heavy (non-hydrogen) atoms. The van der Waals surface area contributed by atoms with Crippen LogP contribution >= 0.6 is 0 Å². The van der Waals surface area contributed by atoms with Crippen LogP contribution in [0.25, 0.3) is 0 Å². The van der Waals surface area contributed by atoms with E-state index < -0.39 is 0 Å². The van der Waals surface area contributed by atoms with Crippen LogP contribution in [0, 0.1) is 0 Å². The van der Waals surface area contributed by atoms with Crippen molar-refractivity contribution < 1.29 is 17.9 Å². The molecule has 0 bridgehead atoms. The Morgan fingerprint density at radius 3 is 0.625 bits per heavy atom. The summed E-state index contributed by atoms with van der Waals surface area (Å²) < 4.78 is 4.64. The van der Waals surface area contributed by atoms with Crippen molar-refractivity contribution in [2.75, 3.05) is 110 Å². The molecule has 0 unspecified atom stereocenters. The van der Waals surface area contributed by atoms with Crippen LogP contribution in [-0.4, -0.2) is 128 Å². The van der Waals surface area contributed by atoms with Crippen LogP contribution in [0.3, 0.4) is 0 Å². The van der Waals surface area contributed by atoms with Gasteiger partial charge in [-0.25, -0.2) is 0 Å². The van der Waals surface area contributed by atoms with Crippen LogP contribution in [0.4, 0.5) is 0 Å². The number of hydrogen-bond acceptors (Lipinski definition) is 0. The predicted molar refractivity (Wildman–Crippen MR) is 145 cm³/mol. The van der Waals surface area contributed by atoms with Gasteiger partial charge in [0.05, 0.1) is 110 Å². The Morgan fingerprint density at radius 1 is 0.250 bits per heavy atom. The summed E-state index contributed by atoms with van der Waals surface area (Å²) in [4.78, 5) is 0. The summed E-state index contributed by atoms with van der Waals surface area (Å²) in [7, 11) is 23.6. The summed E-state index contributed by atoms with van der Waals surface area (Å²) in [6.45, 7) is 8.02. The summed E-state index contributed by atoms with van der Waals surface area (Å²) in [6, 6.07) is 0. The molecule has 0 fully saturated rings. The number of nitrogens with zero attached hydrogens (tertiary/aromatic N) is 4. The van der Waals surface area contributed by atoms with E-state index in [0.717, 1.165) is 8.97 Å². The molecule has 0 aromatic rings. The summed E-state index contributed by atoms with van der Waals surface area (Å²) in [6.07, 6.45) is 16.8. The summed E-state index contributed by atoms with van der Waals surface area (Å²) in [5, 5.41) is 0. The Balaban J connectivity index is 3.67. The summed E-state index contributed by atoms with van der Waals surface area (Å²) in [5.41, 5.74) is 0. The van der Waals surface area contributed by atoms with Crippen LogP contribution < -0.4 is 0 Å². The zero-order chi connectivity index (χ0) is 24.7. The minimum atomic E-state index is 1.11. The van der Waals surface area contributed by atoms with E-state index in [1.165, 1.54) is 125 Å². The first kappa shape index (κ1) is 31.8. The molecule has 0 spiro atoms. The Kier molecular flexibility index (Phi) is 15.6. The number of hydrogen-bond donors (Lipinski definition) is 0. The van der Waals surface area contributed by atoms with Gasteiger partial charge in [-0.05, 0) is 77.0 Å². The van der Waals surface area contributed by atoms with Crippen molar-refractivity contribution in [2.24, 2.45) is 0 Å². The minimum Gasteiger partial charge on any atom is -0.331 e. The van der Waals surface area contributed by atoms with E-state index in [1.807, 2.05) is 0 Å². The van der Waals surface area contributed by atoms with Crippen molar-refractivity contribution in [1.29, 1.82) is 0 Å². The van der Waals surface area contributed by atoms with Crippen molar-refractivity contribution in [3.05, 3.63) is 0 Å². The predicted octanol–water partition coefficient (Wildman–Crippen LogP) is 5.23. The lowest BCUT2D eigenvalue weighted by molar-refractivity contribution is -0.891. The fraction of sp³-hybridized carbons (Fsp3) is 1.00. The third kappa shape index (κ3) is 23.0. The zero-order valence-electron chi connectivity index (χ0n) is 24.5. The summed E-state index contributed by atoms with van der Waals surface area (Å²) in [5.74, 6) is 0. The minimum absolute atomic E-state index is 1.11. The largest absolute Gasteiger partial charge is 0.331 e. The van der Waals surface area contributed by atoms with Gasteiger partial charge in [-0.3, -0.25) is 0 Å². The number of rotatable bonds is 21. The fourth-order valence-electron chi connectivity index (χ4n) is 4.62. The van der Waals surface area contributed by atoms with Gasteiger partial charge in [0.1, 0.15) is 0 Å². The molecule has 0 saturated heterocycles. The molecule has 4 heteroatoms. The lowest BCUT2D eigenvalue weighted by Crippen LogP contribution is -2.41. The highest BCUT2D eigenvalue weighted by molar-refractivity contribution is 4.48. The van der Waals surface area contributed by atoms with Gasteiger partial charge in [-0.2, -0.15) is 0 Å². The quantitative estimate of drug-likeness (QED) is 0.163. The summed E-state index contributed by atoms with van der Waals surface area (Å²) >= 11 is 0. The van der Waals surface area contributed by atoms with Gasteiger partial charge >= 0.3 is 0 Å². The first-order valence-corrected chi connectivity index (χ1v) is 13.9. The molecule has 0 saturated carbocycles. The standard InChI is InChI=1S/C28H66N4/c1-29(2,3)23-17-11-13-19-25-31(7,8)27-21-15-16-22-28-32(9,10)26-20-14-12-18-24-30(4,5)6/h11-28H2,1-10H3/q+4. The van der Waals surface area contributed by atoms with Gasteiger partial charge in [0.15, 0.2) is 0 Å². The first-order valence-electron chi connectivity index (χ1n) is 13.9. The maximum absolute atomic E-state index is 2.44. The maximum atomic E-state index is 2.44. The molecule has 0 aliphatic rings. The molecule has 0 heterocycles. The molecule has 194 valence electrons. The van der Waals surface area contributed by atoms with E-state index in [-0.39, 0.29) is 0 Å². The Morgan fingerprint density at radius 2 is 0.438 bits per heavy atom. The number of quaternary nitrogens is 4. The molecule has 0 aliphatic heterocycles. The second-order valence-corrected chi connectivity index (χ2v) is 14.0. The highest BCUT2D eigenvalue weighted by Gasteiger charge is 2.16. The average Bonchev–Trinajstić information content (AvgIpc) is 2.62. The molecule has 0 aromatic heterocycles. The molecule has 0 radical (unpaired) electrons. The second-order valence-electron chi connectivity index (χ2n) is 14.0. The molecule has 0 N–H and O–H groups in total. The SMILES string of the molecule is C[N+](C)(C)CCCCCC[N+](C)(C)CCCCCC[N+](C)(C)CCCCCC[N+](C)(C)C. The van der Waals surface area contributed by atoms with Gasteiger partial charge in [0.25, 0.3) is 0 Å². The zero-order valence-corrected chi connectivity index (χ0v) is 24.5. The fourth-order valence-corrected chi connectivity index (χ4v) is 4.62. The molecule has 0 aromatic carbocycles. The first-order chi connectivity index (χ1) is 14.6. The van der Waals surface area contributed by atoms with E-state index in [0.29, 0.717) is 0 Å². The number of unbranched alkanes of at least 4 members (excludes halogenated alkanes) is 9. The molecule has 0 atom stereocenters. The highest BCUT2D eigenvalue weighted by Crippen LogP contribution is 2.12. The van der Waals surface area contributed by atoms with E-state index >= 15 is 0 Å². The smallest absolute Gasteiger partial charge is 0.0782 e. The lowest BCUT2D eigenvalue weighted by atomic mass is 10.1. The van der Waals surface area contributed by atoms with E-state index in [4.69, 9.17) is 0 Å². The third-order valence-electron chi connectivity index (χ3n) is 6.96. The Hall–Kier alpha value is -0.160. The molecule has 0 rings (SSSR count). The van der Waals surface area contributed by atoms with Crippen LogP contribution in [0.2, 0.25) is 0 Å². The van der Waals surface area contributed by atoms with Crippen LogP contribution in [0.15, 0.2) is 0 Å². The van der Waals surface area contributed by atoms with Gasteiger partial charge in [-0.15, -0.1) is 0 Å². The van der Waals surface area contributed by atoms with Crippen molar-refractivity contribution in [3.8, 4) is 0 Å². The monoisotopic (exact) mass is 459 g/mol. The van der Waals surface area contributed by atoms with Gasteiger partial charge in [-0.1, -0.05) is 0 Å². The Labute approximate surface area is 204 Å². The van der Waals surface area contributed by atoms with Gasteiger partial charge < -0.3 is 17.9 Å². The van der Waals surface area contributed by atoms with Crippen molar-refractivity contribution >= 4 is 0 Å². The van der Waals surface area contributed by atoms with Gasteiger partial charge in [0.2, 0.25) is 0 Å². The molecular formula is C28H66N4+4. The van der Waals surface area contributed by atoms with Crippen LogP contribution in [0.1, 0.15) is 77.0 Å². The van der Waals surface area contributed by atoms with Gasteiger partial charge in [0, 0.05) is 0 Å². The normalized spacial score (nSPS) is 13.7. The van der Waals surface area contributed by atoms with Crippen molar-refractivity contribution in [3.63, 3.8) is 0 Å². The molecule has 4 nitrogen and oxygen atoms in total. The van der Waals surface area contributed by atoms with Crippen LogP contribution in [0.5, 0.6) is 0 Å². The average molecular weight is 459 g/mol. The van der Waals surface area contributed by atoms with Crippen LogP contribution in [-0.2, 0) is 0 Å². The topological polar surface area (TPSA) is 0 Å². The lowest BCUT2D eigenvalue weighted by Gasteiger charge is -2.31. The Bertz CT molecular complexity index is 401. The van der Waals surface area contributed by atoms with Crippen molar-refractivity contribution in [2.45, 2.75) is 77.0 Å². The highest BCUT2D eigenvalue weighted by atomic mass is 15.3.